The molecule has 0 bridgehead atoms. The highest BCUT2D eigenvalue weighted by molar-refractivity contribution is 5.94. The van der Waals surface area contributed by atoms with E-state index in [0.29, 0.717) is 5.56 Å². The monoisotopic (exact) mass is 291 g/mol. The average Bonchev–Trinajstić information content (AvgIpc) is 2.37. The molecule has 4 nitrogen and oxygen atoms in total. The maximum atomic E-state index is 12.5. The van der Waals surface area contributed by atoms with E-state index in [4.69, 9.17) is 5.11 Å². The second kappa shape index (κ2) is 6.74. The summed E-state index contributed by atoms with van der Waals surface area (Å²) >= 11 is 0. The van der Waals surface area contributed by atoms with E-state index in [2.05, 4.69) is 20.8 Å². The Balaban J connectivity index is 2.91. The first-order valence-electron chi connectivity index (χ1n) is 7.26. The lowest BCUT2D eigenvalue weighted by Gasteiger charge is -2.26. The summed E-state index contributed by atoms with van der Waals surface area (Å²) in [5.41, 5.74) is 1.81. The minimum Gasteiger partial charge on any atom is -0.481 e. The van der Waals surface area contributed by atoms with E-state index in [1.54, 1.807) is 4.90 Å². The second-order valence-electron chi connectivity index (χ2n) is 6.56. The summed E-state index contributed by atoms with van der Waals surface area (Å²) in [4.78, 5) is 24.8. The molecule has 0 saturated carbocycles. The van der Waals surface area contributed by atoms with E-state index >= 15 is 0 Å². The van der Waals surface area contributed by atoms with Crippen LogP contribution in [0.4, 0.5) is 0 Å². The van der Waals surface area contributed by atoms with Crippen LogP contribution in [0.5, 0.6) is 0 Å². The van der Waals surface area contributed by atoms with Crippen molar-refractivity contribution in [3.8, 4) is 0 Å². The highest BCUT2D eigenvalue weighted by Crippen LogP contribution is 2.22. The number of nitrogens with zero attached hydrogens (tertiary/aromatic N) is 1. The summed E-state index contributed by atoms with van der Waals surface area (Å²) in [6.07, 6.45) is -0.0377. The number of carboxylic acids is 1. The Hall–Kier alpha value is -1.84. The number of rotatable bonds is 5. The van der Waals surface area contributed by atoms with Crippen LogP contribution in [0.1, 0.15) is 57.0 Å². The maximum absolute atomic E-state index is 12.5. The van der Waals surface area contributed by atoms with Gasteiger partial charge in [0.15, 0.2) is 0 Å². The fraction of sp³-hybridized carbons (Fsp3) is 0.529. The smallest absolute Gasteiger partial charge is 0.305 e. The Labute approximate surface area is 126 Å². The molecule has 4 heteroatoms. The van der Waals surface area contributed by atoms with Crippen molar-refractivity contribution in [2.45, 2.75) is 52.5 Å². The molecular weight excluding hydrogens is 266 g/mol. The van der Waals surface area contributed by atoms with Crippen molar-refractivity contribution in [3.05, 3.63) is 35.4 Å². The predicted molar refractivity (Wildman–Crippen MR) is 83.6 cm³/mol. The number of carboxylic acid groups (broad SMARTS) is 1. The minimum absolute atomic E-state index is 0.0286. The fourth-order valence-electron chi connectivity index (χ4n) is 2.09. The molecule has 0 radical (unpaired) electrons. The molecule has 0 saturated heterocycles. The van der Waals surface area contributed by atoms with Gasteiger partial charge in [0, 0.05) is 18.2 Å². The van der Waals surface area contributed by atoms with E-state index in [1.807, 2.05) is 38.1 Å². The summed E-state index contributed by atoms with van der Waals surface area (Å²) in [5.74, 6) is -1.01. The fourth-order valence-corrected chi connectivity index (χ4v) is 2.09. The maximum Gasteiger partial charge on any atom is 0.305 e. The Kier molecular flexibility index (Phi) is 5.53. The topological polar surface area (TPSA) is 57.6 Å². The molecule has 0 aliphatic rings. The molecule has 116 valence electrons. The van der Waals surface area contributed by atoms with Crippen molar-refractivity contribution >= 4 is 11.9 Å². The largest absolute Gasteiger partial charge is 0.481 e. The first-order valence-corrected chi connectivity index (χ1v) is 7.26. The van der Waals surface area contributed by atoms with Gasteiger partial charge in [0.2, 0.25) is 0 Å². The minimum atomic E-state index is -0.892. The molecule has 0 atom stereocenters. The molecule has 1 rings (SSSR count). The molecule has 0 aliphatic carbocycles. The van der Waals surface area contributed by atoms with Gasteiger partial charge in [-0.05, 0) is 37.0 Å². The van der Waals surface area contributed by atoms with Gasteiger partial charge in [-0.1, -0.05) is 32.9 Å². The second-order valence-corrected chi connectivity index (χ2v) is 6.56. The van der Waals surface area contributed by atoms with E-state index in [0.717, 1.165) is 0 Å². The Morgan fingerprint density at radius 1 is 1.14 bits per heavy atom. The van der Waals surface area contributed by atoms with Gasteiger partial charge in [0.05, 0.1) is 6.42 Å². The first-order chi connectivity index (χ1) is 9.62. The molecular formula is C17H25NO3. The van der Waals surface area contributed by atoms with Crippen LogP contribution in [0, 0.1) is 0 Å². The van der Waals surface area contributed by atoms with Gasteiger partial charge in [-0.25, -0.2) is 0 Å². The number of hydrogen-bond acceptors (Lipinski definition) is 2. The summed E-state index contributed by atoms with van der Waals surface area (Å²) < 4.78 is 0. The molecule has 0 aromatic heterocycles. The number of carbonyl (C=O) groups excluding carboxylic acids is 1. The zero-order valence-corrected chi connectivity index (χ0v) is 13.5. The van der Waals surface area contributed by atoms with E-state index < -0.39 is 5.97 Å². The lowest BCUT2D eigenvalue weighted by molar-refractivity contribution is -0.137. The number of carbonyl (C=O) groups is 2. The average molecular weight is 291 g/mol. The van der Waals surface area contributed by atoms with Crippen molar-refractivity contribution in [3.63, 3.8) is 0 Å². The first kappa shape index (κ1) is 17.2. The van der Waals surface area contributed by atoms with Crippen LogP contribution in [0.2, 0.25) is 0 Å². The van der Waals surface area contributed by atoms with Crippen LogP contribution in [-0.2, 0) is 10.2 Å². The van der Waals surface area contributed by atoms with Crippen molar-refractivity contribution in [2.24, 2.45) is 0 Å². The van der Waals surface area contributed by atoms with E-state index in [1.165, 1.54) is 5.56 Å². The van der Waals surface area contributed by atoms with Crippen LogP contribution >= 0.6 is 0 Å². The lowest BCUT2D eigenvalue weighted by Crippen LogP contribution is -2.38. The summed E-state index contributed by atoms with van der Waals surface area (Å²) in [6, 6.07) is 7.53. The van der Waals surface area contributed by atoms with Gasteiger partial charge < -0.3 is 10.0 Å². The molecule has 1 N–H and O–H groups in total. The zero-order chi connectivity index (χ0) is 16.2. The third-order valence-electron chi connectivity index (χ3n) is 3.45. The Morgan fingerprint density at radius 3 is 2.05 bits per heavy atom. The third-order valence-corrected chi connectivity index (χ3v) is 3.45. The summed E-state index contributed by atoms with van der Waals surface area (Å²) in [6.45, 7) is 10.4. The quantitative estimate of drug-likeness (QED) is 0.905. The van der Waals surface area contributed by atoms with Crippen LogP contribution < -0.4 is 0 Å². The molecule has 0 fully saturated rings. The highest BCUT2D eigenvalue weighted by atomic mass is 16.4. The standard InChI is InChI=1S/C17H25NO3/c1-12(2)18(11-10-15(19)20)16(21)13-6-8-14(9-7-13)17(3,4)5/h6-9,12H,10-11H2,1-5H3,(H,19,20). The van der Waals surface area contributed by atoms with E-state index in [-0.39, 0.29) is 30.3 Å². The highest BCUT2D eigenvalue weighted by Gasteiger charge is 2.20. The lowest BCUT2D eigenvalue weighted by atomic mass is 9.86. The van der Waals surface area contributed by atoms with E-state index in [9.17, 15) is 9.59 Å². The summed E-state index contributed by atoms with van der Waals surface area (Å²) in [5, 5.41) is 8.78. The van der Waals surface area contributed by atoms with Gasteiger partial charge in [0.25, 0.3) is 5.91 Å². The van der Waals surface area contributed by atoms with Crippen molar-refractivity contribution in [2.75, 3.05) is 6.54 Å². The number of aliphatic carboxylic acids is 1. The van der Waals surface area contributed by atoms with Crippen LogP contribution in [-0.4, -0.2) is 34.5 Å². The molecule has 0 heterocycles. The van der Waals surface area contributed by atoms with Gasteiger partial charge in [-0.2, -0.15) is 0 Å². The van der Waals surface area contributed by atoms with Gasteiger partial charge >= 0.3 is 5.97 Å². The number of hydrogen-bond donors (Lipinski definition) is 1. The normalized spacial score (nSPS) is 11.5. The van der Waals surface area contributed by atoms with Crippen molar-refractivity contribution in [1.82, 2.24) is 4.90 Å². The summed E-state index contributed by atoms with van der Waals surface area (Å²) in [7, 11) is 0. The van der Waals surface area contributed by atoms with Gasteiger partial charge in [-0.3, -0.25) is 9.59 Å². The number of benzene rings is 1. The molecule has 0 aliphatic heterocycles. The van der Waals surface area contributed by atoms with Gasteiger partial charge in [0.1, 0.15) is 0 Å². The van der Waals surface area contributed by atoms with Crippen molar-refractivity contribution in [1.29, 1.82) is 0 Å². The molecule has 1 amide bonds. The molecule has 1 aromatic carbocycles. The van der Waals surface area contributed by atoms with Crippen LogP contribution in [0.25, 0.3) is 0 Å². The Morgan fingerprint density at radius 2 is 1.67 bits per heavy atom. The third kappa shape index (κ3) is 4.88. The molecule has 1 aromatic rings. The zero-order valence-electron chi connectivity index (χ0n) is 13.5. The number of amides is 1. The van der Waals surface area contributed by atoms with Gasteiger partial charge in [-0.15, -0.1) is 0 Å². The van der Waals surface area contributed by atoms with Crippen LogP contribution in [0.15, 0.2) is 24.3 Å². The van der Waals surface area contributed by atoms with Crippen molar-refractivity contribution < 1.29 is 14.7 Å². The SMILES string of the molecule is CC(C)N(CCC(=O)O)C(=O)c1ccc(C(C)(C)C)cc1. The van der Waals surface area contributed by atoms with Crippen LogP contribution in [0.3, 0.4) is 0 Å². The molecule has 0 spiro atoms. The molecule has 0 unspecified atom stereocenters. The Bertz CT molecular complexity index is 498. The molecule has 21 heavy (non-hydrogen) atoms. The predicted octanol–water partition coefficient (Wildman–Crippen LogP) is 3.31.